The van der Waals surface area contributed by atoms with Crippen LogP contribution < -0.4 is 0 Å². The van der Waals surface area contributed by atoms with Crippen molar-refractivity contribution in [2.45, 2.75) is 63.3 Å². The molecule has 2 aromatic carbocycles. The van der Waals surface area contributed by atoms with Crippen LogP contribution in [0.3, 0.4) is 0 Å². The molecule has 29 heavy (non-hydrogen) atoms. The predicted octanol–water partition coefficient (Wildman–Crippen LogP) is 4.41. The van der Waals surface area contributed by atoms with Crippen LogP contribution in [0.4, 0.5) is 4.79 Å². The summed E-state index contributed by atoms with van der Waals surface area (Å²) in [6.45, 7) is 2.22. The monoisotopic (exact) mass is 390 g/mol. The van der Waals surface area contributed by atoms with Crippen molar-refractivity contribution in [2.24, 2.45) is 0 Å². The van der Waals surface area contributed by atoms with Crippen LogP contribution in [0.25, 0.3) is 0 Å². The minimum Gasteiger partial charge on any atom is -0.445 e. The summed E-state index contributed by atoms with van der Waals surface area (Å²) >= 11 is 0. The van der Waals surface area contributed by atoms with E-state index in [1.807, 2.05) is 48.2 Å². The molecular formula is C24H26N2O3. The van der Waals surface area contributed by atoms with E-state index in [2.05, 4.69) is 6.07 Å². The molecule has 5 heteroatoms. The molecule has 150 valence electrons. The zero-order valence-electron chi connectivity index (χ0n) is 16.7. The highest BCUT2D eigenvalue weighted by Crippen LogP contribution is 2.45. The van der Waals surface area contributed by atoms with Gasteiger partial charge in [0.2, 0.25) is 0 Å². The molecule has 2 heterocycles. The number of amides is 1. The normalized spacial score (nSPS) is 25.9. The highest BCUT2D eigenvalue weighted by Gasteiger charge is 2.49. The minimum absolute atomic E-state index is 0.0547. The average molecular weight is 390 g/mol. The molecule has 2 aromatic rings. The average Bonchev–Trinajstić information content (AvgIpc) is 2.72. The lowest BCUT2D eigenvalue weighted by molar-refractivity contribution is -0.0899. The van der Waals surface area contributed by atoms with Crippen LogP contribution in [0.15, 0.2) is 48.5 Å². The summed E-state index contributed by atoms with van der Waals surface area (Å²) in [6, 6.07) is 17.2. The van der Waals surface area contributed by atoms with E-state index in [1.165, 1.54) is 0 Å². The first kappa shape index (κ1) is 19.5. The van der Waals surface area contributed by atoms with E-state index in [1.54, 1.807) is 12.1 Å². The maximum atomic E-state index is 12.9. The van der Waals surface area contributed by atoms with Crippen LogP contribution in [0.5, 0.6) is 0 Å². The highest BCUT2D eigenvalue weighted by molar-refractivity contribution is 5.69. The standard InChI is InChI=1S/C24H26N2O3/c1-17-10-11-19(15-25)12-22(17)24(28)13-20-8-5-9-21(14-24)26(20)23(27)29-16-18-6-3-2-4-7-18/h2-4,6-7,10-12,20-21,28H,5,8-9,13-14,16H2,1H3. The Balaban J connectivity index is 1.53. The van der Waals surface area contributed by atoms with Gasteiger partial charge in [0.15, 0.2) is 0 Å². The van der Waals surface area contributed by atoms with Crippen molar-refractivity contribution < 1.29 is 14.6 Å². The van der Waals surface area contributed by atoms with E-state index < -0.39 is 5.60 Å². The van der Waals surface area contributed by atoms with Gasteiger partial charge in [0, 0.05) is 24.9 Å². The topological polar surface area (TPSA) is 73.6 Å². The lowest BCUT2D eigenvalue weighted by Gasteiger charge is -2.51. The fourth-order valence-electron chi connectivity index (χ4n) is 4.93. The number of ether oxygens (including phenoxy) is 1. The SMILES string of the molecule is Cc1ccc(C#N)cc1C1(O)CC2CCCC(C1)N2C(=O)OCc1ccccc1. The van der Waals surface area contributed by atoms with Crippen molar-refractivity contribution >= 4 is 6.09 Å². The molecule has 0 aliphatic carbocycles. The fraction of sp³-hybridized carbons (Fsp3) is 0.417. The summed E-state index contributed by atoms with van der Waals surface area (Å²) in [5.41, 5.74) is 2.27. The second-order valence-corrected chi connectivity index (χ2v) is 8.27. The number of nitrogens with zero attached hydrogens (tertiary/aromatic N) is 2. The van der Waals surface area contributed by atoms with E-state index >= 15 is 0 Å². The smallest absolute Gasteiger partial charge is 0.410 e. The summed E-state index contributed by atoms with van der Waals surface area (Å²) in [5, 5.41) is 20.8. The zero-order chi connectivity index (χ0) is 20.4. The molecule has 5 nitrogen and oxygen atoms in total. The molecule has 2 aliphatic rings. The van der Waals surface area contributed by atoms with Gasteiger partial charge < -0.3 is 14.7 Å². The number of hydrogen-bond acceptors (Lipinski definition) is 4. The van der Waals surface area contributed by atoms with Gasteiger partial charge in [-0.1, -0.05) is 36.4 Å². The number of rotatable bonds is 3. The first-order valence-corrected chi connectivity index (χ1v) is 10.2. The van der Waals surface area contributed by atoms with Gasteiger partial charge in [-0.3, -0.25) is 0 Å². The number of hydrogen-bond donors (Lipinski definition) is 1. The van der Waals surface area contributed by atoms with Crippen LogP contribution in [-0.2, 0) is 16.9 Å². The van der Waals surface area contributed by atoms with Crippen molar-refractivity contribution in [1.82, 2.24) is 4.90 Å². The Hall–Kier alpha value is -2.84. The number of nitriles is 1. The Bertz CT molecular complexity index is 921. The molecule has 0 aromatic heterocycles. The van der Waals surface area contributed by atoms with Crippen molar-refractivity contribution in [1.29, 1.82) is 5.26 Å². The molecule has 2 fully saturated rings. The Labute approximate surface area is 171 Å². The van der Waals surface area contributed by atoms with Crippen LogP contribution in [-0.4, -0.2) is 28.2 Å². The summed E-state index contributed by atoms with van der Waals surface area (Å²) in [7, 11) is 0. The third-order valence-corrected chi connectivity index (χ3v) is 6.29. The Morgan fingerprint density at radius 1 is 1.21 bits per heavy atom. The van der Waals surface area contributed by atoms with Crippen LogP contribution in [0.1, 0.15) is 54.4 Å². The van der Waals surface area contributed by atoms with Crippen molar-refractivity contribution in [3.63, 3.8) is 0 Å². The Morgan fingerprint density at radius 2 is 1.90 bits per heavy atom. The molecule has 2 bridgehead atoms. The number of benzene rings is 2. The number of aryl methyl sites for hydroxylation is 1. The van der Waals surface area contributed by atoms with E-state index in [-0.39, 0.29) is 24.8 Å². The number of fused-ring (bicyclic) bond motifs is 2. The summed E-state index contributed by atoms with van der Waals surface area (Å²) in [6.07, 6.45) is 3.41. The maximum absolute atomic E-state index is 12.9. The first-order chi connectivity index (χ1) is 14.0. The summed E-state index contributed by atoms with van der Waals surface area (Å²) < 4.78 is 5.60. The van der Waals surface area contributed by atoms with Gasteiger partial charge in [-0.05, 0) is 55.0 Å². The van der Waals surface area contributed by atoms with Crippen LogP contribution in [0, 0.1) is 18.3 Å². The molecule has 2 atom stereocenters. The van der Waals surface area contributed by atoms with Crippen molar-refractivity contribution in [3.05, 3.63) is 70.8 Å². The zero-order valence-corrected chi connectivity index (χ0v) is 16.7. The minimum atomic E-state index is -1.02. The van der Waals surface area contributed by atoms with Gasteiger partial charge in [0.05, 0.1) is 17.2 Å². The van der Waals surface area contributed by atoms with Crippen molar-refractivity contribution in [3.8, 4) is 6.07 Å². The van der Waals surface area contributed by atoms with Gasteiger partial charge in [-0.15, -0.1) is 0 Å². The lowest BCUT2D eigenvalue weighted by Crippen LogP contribution is -2.59. The Kier molecular flexibility index (Phi) is 5.29. The largest absolute Gasteiger partial charge is 0.445 e. The van der Waals surface area contributed by atoms with E-state index in [0.29, 0.717) is 18.4 Å². The van der Waals surface area contributed by atoms with E-state index in [0.717, 1.165) is 36.0 Å². The Morgan fingerprint density at radius 3 is 2.55 bits per heavy atom. The molecule has 2 unspecified atom stereocenters. The second-order valence-electron chi connectivity index (χ2n) is 8.27. The number of carbonyl (C=O) groups excluding carboxylic acids is 1. The molecule has 4 rings (SSSR count). The van der Waals surface area contributed by atoms with Crippen LogP contribution in [0.2, 0.25) is 0 Å². The number of carbonyl (C=O) groups is 1. The van der Waals surface area contributed by atoms with E-state index in [9.17, 15) is 15.2 Å². The fourth-order valence-corrected chi connectivity index (χ4v) is 4.93. The molecule has 2 aliphatic heterocycles. The highest BCUT2D eigenvalue weighted by atomic mass is 16.6. The summed E-state index contributed by atoms with van der Waals surface area (Å²) in [5.74, 6) is 0. The van der Waals surface area contributed by atoms with Gasteiger partial charge >= 0.3 is 6.09 Å². The molecule has 0 saturated carbocycles. The van der Waals surface area contributed by atoms with E-state index in [4.69, 9.17) is 4.74 Å². The maximum Gasteiger partial charge on any atom is 0.410 e. The van der Waals surface area contributed by atoms with Gasteiger partial charge in [0.1, 0.15) is 6.61 Å². The predicted molar refractivity (Wildman–Crippen MR) is 109 cm³/mol. The third-order valence-electron chi connectivity index (χ3n) is 6.29. The molecule has 1 amide bonds. The number of aliphatic hydroxyl groups is 1. The van der Waals surface area contributed by atoms with Crippen LogP contribution >= 0.6 is 0 Å². The van der Waals surface area contributed by atoms with Gasteiger partial charge in [0.25, 0.3) is 0 Å². The summed E-state index contributed by atoms with van der Waals surface area (Å²) in [4.78, 5) is 14.7. The van der Waals surface area contributed by atoms with Crippen molar-refractivity contribution in [2.75, 3.05) is 0 Å². The molecular weight excluding hydrogens is 364 g/mol. The second kappa shape index (κ2) is 7.88. The van der Waals surface area contributed by atoms with Gasteiger partial charge in [-0.2, -0.15) is 5.26 Å². The quantitative estimate of drug-likeness (QED) is 0.843. The van der Waals surface area contributed by atoms with Gasteiger partial charge in [-0.25, -0.2) is 4.79 Å². The number of piperidine rings is 2. The third kappa shape index (κ3) is 3.86. The first-order valence-electron chi connectivity index (χ1n) is 10.2. The molecule has 1 N–H and O–H groups in total. The molecule has 0 radical (unpaired) electrons. The molecule has 2 saturated heterocycles. The molecule has 0 spiro atoms. The lowest BCUT2D eigenvalue weighted by atomic mass is 9.71.